The van der Waals surface area contributed by atoms with Crippen LogP contribution in [0.3, 0.4) is 0 Å². The third kappa shape index (κ3) is 2.41. The minimum atomic E-state index is -0.997. The van der Waals surface area contributed by atoms with Crippen molar-refractivity contribution >= 4 is 17.6 Å². The Hall–Kier alpha value is -0.970. The van der Waals surface area contributed by atoms with Gasteiger partial charge in [-0.25, -0.2) is 0 Å². The van der Waals surface area contributed by atoms with Crippen LogP contribution >= 0.6 is 11.6 Å². The van der Waals surface area contributed by atoms with Gasteiger partial charge in [-0.05, 0) is 12.5 Å². The zero-order chi connectivity index (χ0) is 13.3. The molecule has 0 saturated heterocycles. The maximum absolute atomic E-state index is 11.6. The lowest BCUT2D eigenvalue weighted by atomic mass is 9.93. The topological polar surface area (TPSA) is 55.8 Å². The van der Waals surface area contributed by atoms with E-state index in [2.05, 4.69) is 4.74 Å². The lowest BCUT2D eigenvalue weighted by Crippen LogP contribution is -2.23. The highest BCUT2D eigenvalue weighted by atomic mass is 35.5. The van der Waals surface area contributed by atoms with Crippen LogP contribution in [-0.2, 0) is 9.53 Å². The lowest BCUT2D eigenvalue weighted by molar-refractivity contribution is -0.288. The fourth-order valence-electron chi connectivity index (χ4n) is 1.97. The second-order valence-electron chi connectivity index (χ2n) is 4.03. The van der Waals surface area contributed by atoms with Crippen molar-refractivity contribution in [1.82, 2.24) is 0 Å². The average Bonchev–Trinajstić information content (AvgIpc) is 2.50. The predicted molar refractivity (Wildman–Crippen MR) is 62.6 cm³/mol. The molecule has 18 heavy (non-hydrogen) atoms. The summed E-state index contributed by atoms with van der Waals surface area (Å²) in [6.45, 7) is 0.320. The molecule has 1 N–H and O–H groups in total. The number of aliphatic hydroxyl groups excluding tert-OH is 1. The summed E-state index contributed by atoms with van der Waals surface area (Å²) in [5.74, 6) is -0.635. The molecular formula is C12H13Cl2O4+. The average molecular weight is 292 g/mol. The molecule has 1 aliphatic heterocycles. The molecule has 4 nitrogen and oxygen atoms in total. The number of aliphatic hydroxyl groups is 1. The van der Waals surface area contributed by atoms with Crippen LogP contribution in [0.1, 0.15) is 18.1 Å². The number of hydrogen-bond acceptors (Lipinski definition) is 4. The molecule has 2 unspecified atom stereocenters. The number of benzene rings is 1. The van der Waals surface area contributed by atoms with Gasteiger partial charge in [0.05, 0.1) is 25.7 Å². The van der Waals surface area contributed by atoms with E-state index < -0.39 is 18.0 Å². The van der Waals surface area contributed by atoms with E-state index in [9.17, 15) is 9.90 Å². The standard InChI is InChI=1S/C12H13Cl2O4/c1-17-12(16)6-2-3-18-10-5-9(14)8(13)4-7(10)11(6)15/h4-6,11,14-15H,2-3H2,1H3/q+1. The first-order valence-electron chi connectivity index (χ1n) is 5.43. The van der Waals surface area contributed by atoms with Crippen molar-refractivity contribution < 1.29 is 31.0 Å². The van der Waals surface area contributed by atoms with E-state index in [1.165, 1.54) is 7.11 Å². The Balaban J connectivity index is 2.42. The molecule has 0 amide bonds. The number of methoxy groups -OCH3 is 1. The van der Waals surface area contributed by atoms with E-state index in [-0.39, 0.29) is 0 Å². The molecule has 0 fully saturated rings. The highest BCUT2D eigenvalue weighted by Gasteiger charge is 2.34. The van der Waals surface area contributed by atoms with Gasteiger partial charge in [-0.15, -0.1) is 0 Å². The monoisotopic (exact) mass is 291 g/mol. The number of rotatable bonds is 1. The van der Waals surface area contributed by atoms with Gasteiger partial charge in [0, 0.05) is 11.6 Å². The van der Waals surface area contributed by atoms with E-state index in [1.807, 2.05) is 0 Å². The summed E-state index contributed by atoms with van der Waals surface area (Å²) >= 11 is 11.0. The number of ether oxygens (including phenoxy) is 2. The Morgan fingerprint density at radius 2 is 2.33 bits per heavy atom. The van der Waals surface area contributed by atoms with E-state index >= 15 is 0 Å². The minimum Gasteiger partial charge on any atom is -0.493 e. The fraction of sp³-hybridized carbons (Fsp3) is 0.417. The number of carbonyl (C=O) groups is 1. The van der Waals surface area contributed by atoms with E-state index in [1.54, 1.807) is 12.1 Å². The first kappa shape index (κ1) is 13.5. The highest BCUT2D eigenvalue weighted by molar-refractivity contribution is 6.31. The Kier molecular flexibility index (Phi) is 4.00. The maximum atomic E-state index is 11.6. The Labute approximate surface area is 114 Å². The molecule has 1 heterocycles. The Morgan fingerprint density at radius 3 is 3.00 bits per heavy atom. The zero-order valence-corrected chi connectivity index (χ0v) is 11.3. The molecule has 0 radical (unpaired) electrons. The summed E-state index contributed by atoms with van der Waals surface area (Å²) in [4.78, 5) is 11.6. The van der Waals surface area contributed by atoms with Crippen LogP contribution < -0.4 is 4.74 Å². The first-order chi connectivity index (χ1) is 8.54. The normalized spacial score (nSPS) is 22.7. The third-order valence-electron chi connectivity index (χ3n) is 2.95. The molecule has 6 heteroatoms. The van der Waals surface area contributed by atoms with Gasteiger partial charge in [0.25, 0.3) is 0 Å². The number of hydrogen-bond donors (Lipinski definition) is 1. The van der Waals surface area contributed by atoms with E-state index in [0.29, 0.717) is 34.4 Å². The van der Waals surface area contributed by atoms with Gasteiger partial charge >= 0.3 is 5.97 Å². The van der Waals surface area contributed by atoms with Gasteiger partial charge in [0.1, 0.15) is 10.8 Å². The second-order valence-corrected chi connectivity index (χ2v) is 4.88. The van der Waals surface area contributed by atoms with Crippen LogP contribution in [0.15, 0.2) is 12.1 Å². The SMILES string of the molecule is COC(=O)C1CCOc2cc([ClH+])c(Cl)cc2C1O. The van der Waals surface area contributed by atoms with Crippen molar-refractivity contribution in [3.8, 4) is 5.75 Å². The molecule has 1 aromatic rings. The van der Waals surface area contributed by atoms with Gasteiger partial charge in [0.2, 0.25) is 5.02 Å². The van der Waals surface area contributed by atoms with Crippen LogP contribution in [0, 0.1) is 17.5 Å². The number of esters is 1. The van der Waals surface area contributed by atoms with Crippen LogP contribution in [-0.4, -0.2) is 24.8 Å². The van der Waals surface area contributed by atoms with Crippen LogP contribution in [0.2, 0.25) is 10.0 Å². The third-order valence-corrected chi connectivity index (χ3v) is 3.72. The van der Waals surface area contributed by atoms with Crippen LogP contribution in [0.25, 0.3) is 0 Å². The molecule has 2 atom stereocenters. The minimum absolute atomic E-state index is 0.320. The lowest BCUT2D eigenvalue weighted by Gasteiger charge is -2.18. The Morgan fingerprint density at radius 1 is 1.61 bits per heavy atom. The number of halogens is 2. The second kappa shape index (κ2) is 5.34. The van der Waals surface area contributed by atoms with Crippen molar-refractivity contribution in [3.63, 3.8) is 0 Å². The van der Waals surface area contributed by atoms with Gasteiger partial charge in [0.15, 0.2) is 11.6 Å². The van der Waals surface area contributed by atoms with E-state index in [0.717, 1.165) is 0 Å². The first-order valence-corrected chi connectivity index (χ1v) is 6.22. The van der Waals surface area contributed by atoms with Gasteiger partial charge in [-0.1, -0.05) is 11.6 Å². The summed E-state index contributed by atoms with van der Waals surface area (Å²) in [7, 11) is 1.29. The molecule has 0 saturated carbocycles. The molecule has 0 spiro atoms. The maximum Gasteiger partial charge on any atom is 0.311 e. The largest absolute Gasteiger partial charge is 0.493 e. The number of fused-ring (bicyclic) bond motifs is 1. The van der Waals surface area contributed by atoms with Gasteiger partial charge in [-0.2, -0.15) is 0 Å². The Bertz CT molecular complexity index is 475. The predicted octanol–water partition coefficient (Wildman–Crippen LogP) is 1.64. The molecule has 2 rings (SSSR count). The molecule has 1 aromatic carbocycles. The summed E-state index contributed by atoms with van der Waals surface area (Å²) in [6.07, 6.45) is -0.615. The molecule has 1 aliphatic rings. The summed E-state index contributed by atoms with van der Waals surface area (Å²) in [5, 5.41) is 11.1. The molecule has 98 valence electrons. The highest BCUT2D eigenvalue weighted by Crippen LogP contribution is 2.38. The smallest absolute Gasteiger partial charge is 0.311 e. The van der Waals surface area contributed by atoms with Crippen molar-refractivity contribution in [2.45, 2.75) is 12.5 Å². The zero-order valence-electron chi connectivity index (χ0n) is 9.68. The van der Waals surface area contributed by atoms with Gasteiger partial charge in [-0.3, -0.25) is 4.79 Å². The van der Waals surface area contributed by atoms with Gasteiger partial charge < -0.3 is 14.6 Å². The van der Waals surface area contributed by atoms with Crippen molar-refractivity contribution in [3.05, 3.63) is 27.7 Å². The molecule has 0 bridgehead atoms. The van der Waals surface area contributed by atoms with Crippen molar-refractivity contribution in [2.75, 3.05) is 13.7 Å². The van der Waals surface area contributed by atoms with Crippen molar-refractivity contribution in [2.24, 2.45) is 5.92 Å². The number of carbonyl (C=O) groups excluding carboxylic acids is 1. The molecule has 0 aromatic heterocycles. The summed E-state index contributed by atoms with van der Waals surface area (Å²) < 4.78 is 10.2. The summed E-state index contributed by atoms with van der Waals surface area (Å²) in [5.41, 5.74) is 0.474. The van der Waals surface area contributed by atoms with Crippen molar-refractivity contribution in [1.29, 1.82) is 0 Å². The fourth-order valence-corrected chi connectivity index (χ4v) is 2.31. The quantitative estimate of drug-likeness (QED) is 0.800. The molecule has 0 aliphatic carbocycles. The van der Waals surface area contributed by atoms with E-state index in [4.69, 9.17) is 27.9 Å². The molecular weight excluding hydrogens is 279 g/mol. The van der Waals surface area contributed by atoms with Crippen LogP contribution in [0.5, 0.6) is 5.75 Å². The van der Waals surface area contributed by atoms with Crippen LogP contribution in [0.4, 0.5) is 0 Å². The summed E-state index contributed by atoms with van der Waals surface area (Å²) in [6, 6.07) is 3.14.